The molecule has 0 saturated heterocycles. The van der Waals surface area contributed by atoms with Crippen molar-refractivity contribution in [3.05, 3.63) is 66.7 Å². The fourth-order valence-electron chi connectivity index (χ4n) is 2.10. The monoisotopic (exact) mass is 360 g/mol. The molecule has 0 radical (unpaired) electrons. The van der Waals surface area contributed by atoms with E-state index in [1.54, 1.807) is 30.3 Å². The fourth-order valence-corrected chi connectivity index (χ4v) is 3.15. The van der Waals surface area contributed by atoms with Crippen molar-refractivity contribution in [3.8, 4) is 5.75 Å². The molecule has 0 aliphatic heterocycles. The van der Waals surface area contributed by atoms with Gasteiger partial charge in [0.25, 0.3) is 5.91 Å². The minimum absolute atomic E-state index is 0.0140. The largest absolute Gasteiger partial charge is 0.492 e. The van der Waals surface area contributed by atoms with Crippen LogP contribution >= 0.6 is 0 Å². The van der Waals surface area contributed by atoms with Gasteiger partial charge < -0.3 is 10.1 Å². The number of carbonyl (C=O) groups is 1. The lowest BCUT2D eigenvalue weighted by molar-refractivity contribution is 0.102. The molecule has 0 unspecified atom stereocenters. The summed E-state index contributed by atoms with van der Waals surface area (Å²) in [5.41, 5.74) is 0.750. The number of anilines is 1. The van der Waals surface area contributed by atoms with Crippen LogP contribution in [0.15, 0.2) is 66.1 Å². The summed E-state index contributed by atoms with van der Waals surface area (Å²) >= 11 is 0. The molecule has 0 atom stereocenters. The third kappa shape index (κ3) is 4.91. The van der Waals surface area contributed by atoms with Crippen molar-refractivity contribution in [1.29, 1.82) is 0 Å². The van der Waals surface area contributed by atoms with Crippen LogP contribution in [0.5, 0.6) is 5.75 Å². The molecule has 0 aliphatic carbocycles. The Balaban J connectivity index is 2.24. The van der Waals surface area contributed by atoms with Gasteiger partial charge in [0, 0.05) is 12.1 Å². The number of sulfonamides is 1. The highest BCUT2D eigenvalue weighted by Gasteiger charge is 2.16. The zero-order chi connectivity index (χ0) is 18.3. The van der Waals surface area contributed by atoms with E-state index in [0.29, 0.717) is 18.0 Å². The third-order valence-corrected chi connectivity index (χ3v) is 4.68. The smallest absolute Gasteiger partial charge is 0.255 e. The summed E-state index contributed by atoms with van der Waals surface area (Å²) < 4.78 is 32.1. The molecule has 1 amide bonds. The molecule has 2 aromatic carbocycles. The molecule has 132 valence electrons. The molecule has 0 saturated carbocycles. The van der Waals surface area contributed by atoms with Crippen molar-refractivity contribution >= 4 is 21.6 Å². The predicted molar refractivity (Wildman–Crippen MR) is 97.4 cm³/mol. The van der Waals surface area contributed by atoms with Crippen LogP contribution in [0, 0.1) is 0 Å². The van der Waals surface area contributed by atoms with Gasteiger partial charge in [0.05, 0.1) is 17.2 Å². The standard InChI is InChI=1S/C18H20N2O4S/c1-3-12-19-25(22,23)15-9-7-8-14(13-15)18(21)20-16-10-5-6-11-17(16)24-4-2/h3,5-11,13,19H,1,4,12H2,2H3,(H,20,21). The van der Waals surface area contributed by atoms with E-state index >= 15 is 0 Å². The zero-order valence-electron chi connectivity index (χ0n) is 13.9. The van der Waals surface area contributed by atoms with Gasteiger partial charge in [-0.1, -0.05) is 24.3 Å². The lowest BCUT2D eigenvalue weighted by Crippen LogP contribution is -2.24. The number of para-hydroxylation sites is 2. The van der Waals surface area contributed by atoms with Crippen LogP contribution in [-0.2, 0) is 10.0 Å². The van der Waals surface area contributed by atoms with Gasteiger partial charge in [-0.05, 0) is 37.3 Å². The normalized spacial score (nSPS) is 10.9. The van der Waals surface area contributed by atoms with Gasteiger partial charge in [-0.2, -0.15) is 0 Å². The van der Waals surface area contributed by atoms with E-state index in [2.05, 4.69) is 16.6 Å². The third-order valence-electron chi connectivity index (χ3n) is 3.26. The van der Waals surface area contributed by atoms with E-state index in [0.717, 1.165) is 0 Å². The molecular formula is C18H20N2O4S. The summed E-state index contributed by atoms with van der Waals surface area (Å²) in [4.78, 5) is 12.5. The zero-order valence-corrected chi connectivity index (χ0v) is 14.7. The lowest BCUT2D eigenvalue weighted by Gasteiger charge is -2.12. The topological polar surface area (TPSA) is 84.5 Å². The van der Waals surface area contributed by atoms with Gasteiger partial charge >= 0.3 is 0 Å². The van der Waals surface area contributed by atoms with E-state index in [1.165, 1.54) is 24.3 Å². The molecule has 2 rings (SSSR count). The Morgan fingerprint density at radius 3 is 2.68 bits per heavy atom. The molecule has 0 spiro atoms. The van der Waals surface area contributed by atoms with Crippen molar-refractivity contribution < 1.29 is 17.9 Å². The van der Waals surface area contributed by atoms with Crippen molar-refractivity contribution in [2.24, 2.45) is 0 Å². The molecule has 0 heterocycles. The first-order valence-electron chi connectivity index (χ1n) is 7.71. The summed E-state index contributed by atoms with van der Waals surface area (Å²) in [6, 6.07) is 12.9. The number of hydrogen-bond donors (Lipinski definition) is 2. The summed E-state index contributed by atoms with van der Waals surface area (Å²) in [6.45, 7) is 5.90. The second-order valence-electron chi connectivity index (χ2n) is 5.05. The molecular weight excluding hydrogens is 340 g/mol. The minimum Gasteiger partial charge on any atom is -0.492 e. The van der Waals surface area contributed by atoms with Crippen LogP contribution in [0.25, 0.3) is 0 Å². The number of benzene rings is 2. The predicted octanol–water partition coefficient (Wildman–Crippen LogP) is 2.80. The maximum Gasteiger partial charge on any atom is 0.255 e. The van der Waals surface area contributed by atoms with Crippen LogP contribution in [0.2, 0.25) is 0 Å². The van der Waals surface area contributed by atoms with Crippen molar-refractivity contribution in [2.45, 2.75) is 11.8 Å². The Morgan fingerprint density at radius 2 is 1.96 bits per heavy atom. The minimum atomic E-state index is -3.69. The number of ether oxygens (including phenoxy) is 1. The highest BCUT2D eigenvalue weighted by atomic mass is 32.2. The summed E-state index contributed by atoms with van der Waals surface area (Å²) in [5.74, 6) is 0.127. The quantitative estimate of drug-likeness (QED) is 0.709. The fraction of sp³-hybridized carbons (Fsp3) is 0.167. The lowest BCUT2D eigenvalue weighted by atomic mass is 10.2. The van der Waals surface area contributed by atoms with Crippen LogP contribution in [0.1, 0.15) is 17.3 Å². The maximum atomic E-state index is 12.5. The van der Waals surface area contributed by atoms with Gasteiger partial charge in [-0.15, -0.1) is 6.58 Å². The van der Waals surface area contributed by atoms with Crippen LogP contribution in [0.3, 0.4) is 0 Å². The Kier molecular flexibility index (Phi) is 6.32. The van der Waals surface area contributed by atoms with Crippen LogP contribution in [0.4, 0.5) is 5.69 Å². The first-order valence-corrected chi connectivity index (χ1v) is 9.20. The number of nitrogens with one attached hydrogen (secondary N) is 2. The molecule has 0 aliphatic rings. The van der Waals surface area contributed by atoms with Crippen LogP contribution < -0.4 is 14.8 Å². The molecule has 6 nitrogen and oxygen atoms in total. The first kappa shape index (κ1) is 18.7. The summed E-state index contributed by atoms with van der Waals surface area (Å²) in [5, 5.41) is 2.74. The van der Waals surface area contributed by atoms with E-state index in [9.17, 15) is 13.2 Å². The first-order chi connectivity index (χ1) is 12.0. The molecule has 2 aromatic rings. The Bertz CT molecular complexity index is 863. The van der Waals surface area contributed by atoms with Crippen molar-refractivity contribution in [3.63, 3.8) is 0 Å². The average Bonchev–Trinajstić information content (AvgIpc) is 2.62. The molecule has 0 aromatic heterocycles. The van der Waals surface area contributed by atoms with Gasteiger partial charge in [-0.25, -0.2) is 13.1 Å². The second-order valence-corrected chi connectivity index (χ2v) is 6.82. The number of carbonyl (C=O) groups excluding carboxylic acids is 1. The summed E-state index contributed by atoms with van der Waals surface area (Å²) in [6.07, 6.45) is 1.44. The molecule has 2 N–H and O–H groups in total. The van der Waals surface area contributed by atoms with Gasteiger partial charge in [-0.3, -0.25) is 4.79 Å². The maximum absolute atomic E-state index is 12.5. The molecule has 0 bridgehead atoms. The highest BCUT2D eigenvalue weighted by molar-refractivity contribution is 7.89. The SMILES string of the molecule is C=CCNS(=O)(=O)c1cccc(C(=O)Nc2ccccc2OCC)c1. The Morgan fingerprint density at radius 1 is 1.20 bits per heavy atom. The molecule has 25 heavy (non-hydrogen) atoms. The van der Waals surface area contributed by atoms with Gasteiger partial charge in [0.15, 0.2) is 0 Å². The molecule has 7 heteroatoms. The van der Waals surface area contributed by atoms with Crippen molar-refractivity contribution in [2.75, 3.05) is 18.5 Å². The van der Waals surface area contributed by atoms with Crippen molar-refractivity contribution in [1.82, 2.24) is 4.72 Å². The Hall–Kier alpha value is -2.64. The number of hydrogen-bond acceptors (Lipinski definition) is 4. The molecule has 0 fully saturated rings. The van der Waals surface area contributed by atoms with Crippen LogP contribution in [-0.4, -0.2) is 27.5 Å². The number of rotatable bonds is 8. The van der Waals surface area contributed by atoms with E-state index in [4.69, 9.17) is 4.74 Å². The van der Waals surface area contributed by atoms with E-state index in [-0.39, 0.29) is 17.0 Å². The van der Waals surface area contributed by atoms with Gasteiger partial charge in [0.1, 0.15) is 5.75 Å². The highest BCUT2D eigenvalue weighted by Crippen LogP contribution is 2.24. The average molecular weight is 360 g/mol. The number of amides is 1. The summed E-state index contributed by atoms with van der Waals surface area (Å²) in [7, 11) is -3.69. The van der Waals surface area contributed by atoms with Gasteiger partial charge in [0.2, 0.25) is 10.0 Å². The Labute approximate surface area is 147 Å². The van der Waals surface area contributed by atoms with E-state index in [1.807, 2.05) is 6.92 Å². The van der Waals surface area contributed by atoms with E-state index < -0.39 is 15.9 Å². The second kappa shape index (κ2) is 8.46.